The molecule has 1 aliphatic rings. The molecule has 1 aromatic carbocycles. The summed E-state index contributed by atoms with van der Waals surface area (Å²) >= 11 is 0. The second kappa shape index (κ2) is 4.45. The van der Waals surface area contributed by atoms with Gasteiger partial charge >= 0.3 is 0 Å². The fourth-order valence-corrected chi connectivity index (χ4v) is 1.94. The molecule has 92 valence electrons. The summed E-state index contributed by atoms with van der Waals surface area (Å²) in [5.41, 5.74) is -0.336. The van der Waals surface area contributed by atoms with E-state index in [1.165, 1.54) is 18.2 Å². The van der Waals surface area contributed by atoms with Crippen molar-refractivity contribution in [3.8, 4) is 5.75 Å². The first kappa shape index (κ1) is 12.0. The zero-order chi connectivity index (χ0) is 12.5. The smallest absolute Gasteiger partial charge is 0.170 e. The molecule has 0 bridgehead atoms. The van der Waals surface area contributed by atoms with E-state index in [0.717, 1.165) is 0 Å². The number of carbonyl (C=O) groups is 1. The molecule has 1 aliphatic heterocycles. The minimum absolute atomic E-state index is 0.104. The van der Waals surface area contributed by atoms with Gasteiger partial charge in [0.05, 0.1) is 18.6 Å². The maximum absolute atomic E-state index is 13.0. The predicted molar refractivity (Wildman–Crippen MR) is 60.9 cm³/mol. The van der Waals surface area contributed by atoms with E-state index in [9.17, 15) is 9.18 Å². The van der Waals surface area contributed by atoms with Crippen molar-refractivity contribution in [3.05, 3.63) is 29.6 Å². The van der Waals surface area contributed by atoms with Crippen LogP contribution in [0, 0.1) is 5.82 Å². The number of carbonyl (C=O) groups excluding carboxylic acids is 1. The fraction of sp³-hybridized carbons (Fsp3) is 0.462. The number of ketones is 1. The van der Waals surface area contributed by atoms with Crippen molar-refractivity contribution >= 4 is 5.78 Å². The van der Waals surface area contributed by atoms with Crippen LogP contribution in [-0.4, -0.2) is 24.6 Å². The van der Waals surface area contributed by atoms with Gasteiger partial charge in [-0.2, -0.15) is 0 Å². The normalized spacial score (nSPS) is 23.1. The summed E-state index contributed by atoms with van der Waals surface area (Å²) in [6.07, 6.45) is 0.212. The Bertz CT molecular complexity index is 444. The summed E-state index contributed by atoms with van der Waals surface area (Å²) in [4.78, 5) is 11.9. The molecular formula is C13H15FO3. The molecule has 1 heterocycles. The quantitative estimate of drug-likeness (QED) is 0.812. The Morgan fingerprint density at radius 1 is 1.53 bits per heavy atom. The van der Waals surface area contributed by atoms with Gasteiger partial charge < -0.3 is 9.47 Å². The third-order valence-electron chi connectivity index (χ3n) is 2.74. The number of hydrogen-bond acceptors (Lipinski definition) is 3. The zero-order valence-electron chi connectivity index (χ0n) is 9.96. The Morgan fingerprint density at radius 2 is 2.29 bits per heavy atom. The summed E-state index contributed by atoms with van der Waals surface area (Å²) in [5, 5.41) is 0. The molecule has 0 spiro atoms. The topological polar surface area (TPSA) is 35.5 Å². The van der Waals surface area contributed by atoms with E-state index >= 15 is 0 Å². The Kier molecular flexibility index (Phi) is 3.15. The molecule has 0 saturated heterocycles. The van der Waals surface area contributed by atoms with Crippen LogP contribution in [0.2, 0.25) is 0 Å². The maximum Gasteiger partial charge on any atom is 0.170 e. The molecular weight excluding hydrogens is 223 g/mol. The Labute approximate surface area is 99.5 Å². The zero-order valence-corrected chi connectivity index (χ0v) is 9.96. The Balaban J connectivity index is 2.27. The molecule has 0 fully saturated rings. The van der Waals surface area contributed by atoms with Crippen molar-refractivity contribution in [2.75, 3.05) is 13.2 Å². The second-order valence-electron chi connectivity index (χ2n) is 4.43. The lowest BCUT2D eigenvalue weighted by Gasteiger charge is -2.34. The van der Waals surface area contributed by atoms with Gasteiger partial charge in [0.2, 0.25) is 0 Å². The summed E-state index contributed by atoms with van der Waals surface area (Å²) < 4.78 is 24.1. The molecule has 1 aromatic rings. The highest BCUT2D eigenvalue weighted by Crippen LogP contribution is 2.33. The van der Waals surface area contributed by atoms with Crippen molar-refractivity contribution in [2.24, 2.45) is 0 Å². The summed E-state index contributed by atoms with van der Waals surface area (Å²) in [7, 11) is 0. The molecule has 3 nitrogen and oxygen atoms in total. The van der Waals surface area contributed by atoms with Crippen molar-refractivity contribution in [3.63, 3.8) is 0 Å². The number of ether oxygens (including phenoxy) is 2. The monoisotopic (exact) mass is 238 g/mol. The Hall–Kier alpha value is -1.42. The van der Waals surface area contributed by atoms with E-state index in [2.05, 4.69) is 0 Å². The third kappa shape index (κ3) is 2.47. The number of fused-ring (bicyclic) bond motifs is 1. The average molecular weight is 238 g/mol. The molecule has 0 aliphatic carbocycles. The number of benzene rings is 1. The van der Waals surface area contributed by atoms with Gasteiger partial charge in [-0.25, -0.2) is 4.39 Å². The molecule has 0 radical (unpaired) electrons. The van der Waals surface area contributed by atoms with Gasteiger partial charge in [0.1, 0.15) is 17.2 Å². The molecule has 1 unspecified atom stereocenters. The van der Waals surface area contributed by atoms with Gasteiger partial charge in [-0.1, -0.05) is 0 Å². The molecule has 17 heavy (non-hydrogen) atoms. The molecule has 0 saturated carbocycles. The lowest BCUT2D eigenvalue weighted by atomic mass is 9.92. The molecule has 2 rings (SSSR count). The van der Waals surface area contributed by atoms with Crippen LogP contribution >= 0.6 is 0 Å². The largest absolute Gasteiger partial charge is 0.484 e. The van der Waals surface area contributed by atoms with Crippen molar-refractivity contribution < 1.29 is 18.7 Å². The predicted octanol–water partition coefficient (Wildman–Crippen LogP) is 2.59. The third-order valence-corrected chi connectivity index (χ3v) is 2.74. The van der Waals surface area contributed by atoms with E-state index in [0.29, 0.717) is 24.5 Å². The molecule has 0 N–H and O–H groups in total. The van der Waals surface area contributed by atoms with Crippen LogP contribution in [0.25, 0.3) is 0 Å². The van der Waals surface area contributed by atoms with E-state index in [-0.39, 0.29) is 12.2 Å². The van der Waals surface area contributed by atoms with Gasteiger partial charge in [-0.05, 0) is 32.0 Å². The number of hydrogen-bond donors (Lipinski definition) is 0. The van der Waals surface area contributed by atoms with Crippen molar-refractivity contribution in [2.45, 2.75) is 25.9 Å². The summed E-state index contributed by atoms with van der Waals surface area (Å²) in [5.74, 6) is -0.0908. The maximum atomic E-state index is 13.0. The van der Waals surface area contributed by atoms with Crippen LogP contribution in [0.15, 0.2) is 18.2 Å². The van der Waals surface area contributed by atoms with Gasteiger partial charge in [-0.3, -0.25) is 4.79 Å². The molecule has 0 aromatic heterocycles. The SMILES string of the molecule is CCOCC1(C)CC(=O)c2cc(F)ccc2O1. The van der Waals surface area contributed by atoms with E-state index in [4.69, 9.17) is 9.47 Å². The number of Topliss-reactive ketones (excluding diaryl/α,β-unsaturated/α-hetero) is 1. The van der Waals surface area contributed by atoms with Crippen LogP contribution in [-0.2, 0) is 4.74 Å². The van der Waals surface area contributed by atoms with E-state index < -0.39 is 11.4 Å². The highest BCUT2D eigenvalue weighted by atomic mass is 19.1. The van der Waals surface area contributed by atoms with Gasteiger partial charge in [0.25, 0.3) is 0 Å². The van der Waals surface area contributed by atoms with Gasteiger partial charge in [0.15, 0.2) is 5.78 Å². The van der Waals surface area contributed by atoms with E-state index in [1.54, 1.807) is 0 Å². The lowest BCUT2D eigenvalue weighted by Crippen LogP contribution is -2.43. The lowest BCUT2D eigenvalue weighted by molar-refractivity contribution is -0.0190. The highest BCUT2D eigenvalue weighted by Gasteiger charge is 2.36. The molecule has 1 atom stereocenters. The highest BCUT2D eigenvalue weighted by molar-refractivity contribution is 6.00. The second-order valence-corrected chi connectivity index (χ2v) is 4.43. The van der Waals surface area contributed by atoms with Crippen LogP contribution < -0.4 is 4.74 Å². The van der Waals surface area contributed by atoms with Crippen LogP contribution in [0.4, 0.5) is 4.39 Å². The minimum Gasteiger partial charge on any atom is -0.484 e. The van der Waals surface area contributed by atoms with Crippen LogP contribution in [0.5, 0.6) is 5.75 Å². The van der Waals surface area contributed by atoms with E-state index in [1.807, 2.05) is 13.8 Å². The first-order chi connectivity index (χ1) is 8.04. The first-order valence-corrected chi connectivity index (χ1v) is 5.63. The standard InChI is InChI=1S/C13H15FO3/c1-3-16-8-13(2)7-11(15)10-6-9(14)4-5-12(10)17-13/h4-6H,3,7-8H2,1-2H3. The number of rotatable bonds is 3. The van der Waals surface area contributed by atoms with Gasteiger partial charge in [0, 0.05) is 6.61 Å². The Morgan fingerprint density at radius 3 is 3.00 bits per heavy atom. The van der Waals surface area contributed by atoms with Crippen LogP contribution in [0.3, 0.4) is 0 Å². The average Bonchev–Trinajstić information content (AvgIpc) is 2.28. The fourth-order valence-electron chi connectivity index (χ4n) is 1.94. The molecule has 4 heteroatoms. The summed E-state index contributed by atoms with van der Waals surface area (Å²) in [6.45, 7) is 4.64. The number of halogens is 1. The van der Waals surface area contributed by atoms with Gasteiger partial charge in [-0.15, -0.1) is 0 Å². The molecule has 0 amide bonds. The minimum atomic E-state index is -0.655. The van der Waals surface area contributed by atoms with Crippen molar-refractivity contribution in [1.29, 1.82) is 0 Å². The first-order valence-electron chi connectivity index (χ1n) is 5.63. The summed E-state index contributed by atoms with van der Waals surface area (Å²) in [6, 6.07) is 4.00. The van der Waals surface area contributed by atoms with Crippen molar-refractivity contribution in [1.82, 2.24) is 0 Å². The van der Waals surface area contributed by atoms with Crippen LogP contribution in [0.1, 0.15) is 30.6 Å².